The van der Waals surface area contributed by atoms with E-state index in [2.05, 4.69) is 5.32 Å². The van der Waals surface area contributed by atoms with E-state index < -0.39 is 17.8 Å². The third-order valence-electron chi connectivity index (χ3n) is 6.17. The first-order valence-corrected chi connectivity index (χ1v) is 11.3. The van der Waals surface area contributed by atoms with E-state index in [0.29, 0.717) is 34.7 Å². The van der Waals surface area contributed by atoms with Crippen LogP contribution in [0.1, 0.15) is 46.4 Å². The number of carboxylic acids is 1. The third kappa shape index (κ3) is 5.32. The Morgan fingerprint density at radius 3 is 1.82 bits per heavy atom. The van der Waals surface area contributed by atoms with Crippen molar-refractivity contribution in [3.05, 3.63) is 88.9 Å². The Kier molecular flexibility index (Phi) is 6.90. The van der Waals surface area contributed by atoms with Crippen molar-refractivity contribution < 1.29 is 19.5 Å². The molecule has 0 aliphatic heterocycles. The van der Waals surface area contributed by atoms with Gasteiger partial charge in [0.25, 0.3) is 5.91 Å². The van der Waals surface area contributed by atoms with Gasteiger partial charge in [-0.15, -0.1) is 0 Å². The highest BCUT2D eigenvalue weighted by molar-refractivity contribution is 6.30. The molecule has 1 aliphatic carbocycles. The topological polar surface area (TPSA) is 83.5 Å². The summed E-state index contributed by atoms with van der Waals surface area (Å²) in [6.07, 6.45) is 2.93. The number of ketones is 1. The molecule has 5 nitrogen and oxygen atoms in total. The van der Waals surface area contributed by atoms with Crippen molar-refractivity contribution in [2.24, 2.45) is 11.8 Å². The maximum absolute atomic E-state index is 12.9. The lowest BCUT2D eigenvalue weighted by Crippen LogP contribution is -2.32. The van der Waals surface area contributed by atoms with Crippen molar-refractivity contribution in [3.63, 3.8) is 0 Å². The summed E-state index contributed by atoms with van der Waals surface area (Å²) >= 11 is 5.86. The summed E-state index contributed by atoms with van der Waals surface area (Å²) in [5.41, 5.74) is 3.61. The van der Waals surface area contributed by atoms with Crippen molar-refractivity contribution in [2.75, 3.05) is 5.32 Å². The van der Waals surface area contributed by atoms with Gasteiger partial charge in [-0.3, -0.25) is 14.4 Å². The molecule has 6 heteroatoms. The standard InChI is InChI=1S/C27H24ClNO4/c28-21-13-9-20(10-14-21)26(31)29-22-15-11-18(12-16-22)17-5-7-19(8-6-17)25(30)23-3-1-2-4-24(23)27(32)33/h5-16,23-24H,1-4H2,(H,29,31)(H,32,33)/t23-,24-/m1/s1. The number of aliphatic carboxylic acids is 1. The van der Waals surface area contributed by atoms with Gasteiger partial charge in [0.15, 0.2) is 5.78 Å². The second-order valence-electron chi connectivity index (χ2n) is 8.32. The average molecular weight is 462 g/mol. The van der Waals surface area contributed by atoms with E-state index in [1.54, 1.807) is 36.4 Å². The number of carboxylic acid groups (broad SMARTS) is 1. The van der Waals surface area contributed by atoms with E-state index in [9.17, 15) is 19.5 Å². The molecule has 3 aromatic rings. The molecule has 33 heavy (non-hydrogen) atoms. The number of benzene rings is 3. The number of Topliss-reactive ketones (excluding diaryl/α,β-unsaturated/α-hetero) is 1. The summed E-state index contributed by atoms with van der Waals surface area (Å²) in [6, 6.07) is 21.4. The van der Waals surface area contributed by atoms with Gasteiger partial charge in [0, 0.05) is 27.8 Å². The first-order chi connectivity index (χ1) is 15.9. The molecule has 0 aromatic heterocycles. The molecule has 4 rings (SSSR count). The number of carbonyl (C=O) groups excluding carboxylic acids is 2. The molecule has 1 aliphatic rings. The van der Waals surface area contributed by atoms with Crippen LogP contribution in [0.5, 0.6) is 0 Å². The molecule has 168 valence electrons. The van der Waals surface area contributed by atoms with E-state index in [0.717, 1.165) is 24.0 Å². The highest BCUT2D eigenvalue weighted by Gasteiger charge is 2.35. The van der Waals surface area contributed by atoms with Crippen LogP contribution in [0, 0.1) is 11.8 Å². The fraction of sp³-hybridized carbons (Fsp3) is 0.222. The fourth-order valence-corrected chi connectivity index (χ4v) is 4.46. The lowest BCUT2D eigenvalue weighted by molar-refractivity contribution is -0.144. The summed E-state index contributed by atoms with van der Waals surface area (Å²) in [6.45, 7) is 0. The Balaban J connectivity index is 1.43. The second-order valence-corrected chi connectivity index (χ2v) is 8.75. The van der Waals surface area contributed by atoms with E-state index in [1.807, 2.05) is 36.4 Å². The first-order valence-electron chi connectivity index (χ1n) is 11.0. The van der Waals surface area contributed by atoms with Gasteiger partial charge in [0.05, 0.1) is 5.92 Å². The molecule has 2 atom stereocenters. The van der Waals surface area contributed by atoms with Crippen LogP contribution in [-0.2, 0) is 4.79 Å². The highest BCUT2D eigenvalue weighted by Crippen LogP contribution is 2.33. The molecule has 1 amide bonds. The van der Waals surface area contributed by atoms with Gasteiger partial charge in [-0.2, -0.15) is 0 Å². The highest BCUT2D eigenvalue weighted by atomic mass is 35.5. The SMILES string of the molecule is O=C(Nc1ccc(-c2ccc(C(=O)[C@@H]3CCCC[C@H]3C(=O)O)cc2)cc1)c1ccc(Cl)cc1. The zero-order valence-electron chi connectivity index (χ0n) is 18.0. The average Bonchev–Trinajstić information content (AvgIpc) is 2.84. The van der Waals surface area contributed by atoms with Crippen LogP contribution in [0.2, 0.25) is 5.02 Å². The Labute approximate surface area is 197 Å². The van der Waals surface area contributed by atoms with Crippen LogP contribution in [0.15, 0.2) is 72.8 Å². The number of nitrogens with one attached hydrogen (secondary N) is 1. The lowest BCUT2D eigenvalue weighted by Gasteiger charge is -2.27. The van der Waals surface area contributed by atoms with Crippen molar-refractivity contribution in [2.45, 2.75) is 25.7 Å². The Morgan fingerprint density at radius 2 is 1.24 bits per heavy atom. The first kappa shape index (κ1) is 22.7. The number of hydrogen-bond acceptors (Lipinski definition) is 3. The van der Waals surface area contributed by atoms with E-state index in [-0.39, 0.29) is 11.7 Å². The van der Waals surface area contributed by atoms with E-state index >= 15 is 0 Å². The van der Waals surface area contributed by atoms with Crippen LogP contribution < -0.4 is 5.32 Å². The largest absolute Gasteiger partial charge is 0.481 e. The fourth-order valence-electron chi connectivity index (χ4n) is 4.33. The summed E-state index contributed by atoms with van der Waals surface area (Å²) < 4.78 is 0. The normalized spacial score (nSPS) is 17.8. The van der Waals surface area contributed by atoms with E-state index in [1.165, 1.54) is 0 Å². The smallest absolute Gasteiger partial charge is 0.307 e. The summed E-state index contributed by atoms with van der Waals surface area (Å²) in [7, 11) is 0. The predicted molar refractivity (Wildman–Crippen MR) is 129 cm³/mol. The molecule has 0 unspecified atom stereocenters. The summed E-state index contributed by atoms with van der Waals surface area (Å²) in [4.78, 5) is 36.8. The molecule has 3 aromatic carbocycles. The van der Waals surface area contributed by atoms with Gasteiger partial charge < -0.3 is 10.4 Å². The molecule has 1 fully saturated rings. The third-order valence-corrected chi connectivity index (χ3v) is 6.42. The molecule has 2 N–H and O–H groups in total. The number of carbonyl (C=O) groups is 3. The van der Waals surface area contributed by atoms with E-state index in [4.69, 9.17) is 11.6 Å². The van der Waals surface area contributed by atoms with Gasteiger partial charge in [-0.05, 0) is 60.4 Å². The molecule has 0 heterocycles. The Hall–Kier alpha value is -3.44. The van der Waals surface area contributed by atoms with Gasteiger partial charge in [0.1, 0.15) is 0 Å². The van der Waals surface area contributed by atoms with Gasteiger partial charge in [0.2, 0.25) is 0 Å². The molecule has 0 saturated heterocycles. The van der Waals surface area contributed by atoms with Crippen molar-refractivity contribution in [1.29, 1.82) is 0 Å². The van der Waals surface area contributed by atoms with Crippen LogP contribution >= 0.6 is 11.6 Å². The van der Waals surface area contributed by atoms with Crippen LogP contribution in [0.25, 0.3) is 11.1 Å². The van der Waals surface area contributed by atoms with Crippen LogP contribution in [0.4, 0.5) is 5.69 Å². The maximum atomic E-state index is 12.9. The monoisotopic (exact) mass is 461 g/mol. The van der Waals surface area contributed by atoms with Gasteiger partial charge in [-0.1, -0.05) is 60.8 Å². The molecule has 0 spiro atoms. The van der Waals surface area contributed by atoms with Crippen LogP contribution in [0.3, 0.4) is 0 Å². The van der Waals surface area contributed by atoms with Gasteiger partial charge >= 0.3 is 5.97 Å². The molecule has 0 bridgehead atoms. The molecule has 1 saturated carbocycles. The molecular weight excluding hydrogens is 438 g/mol. The number of hydrogen-bond donors (Lipinski definition) is 2. The zero-order chi connectivity index (χ0) is 23.4. The predicted octanol–water partition coefficient (Wildman–Crippen LogP) is 6.33. The second kappa shape index (κ2) is 10.0. The van der Waals surface area contributed by atoms with Crippen molar-refractivity contribution in [1.82, 2.24) is 0 Å². The number of rotatable bonds is 6. The Bertz CT molecular complexity index is 1150. The minimum atomic E-state index is -0.882. The quantitative estimate of drug-likeness (QED) is 0.420. The minimum Gasteiger partial charge on any atom is -0.481 e. The summed E-state index contributed by atoms with van der Waals surface area (Å²) in [5, 5.41) is 12.9. The molecule has 0 radical (unpaired) electrons. The van der Waals surface area contributed by atoms with Crippen molar-refractivity contribution >= 4 is 34.9 Å². The maximum Gasteiger partial charge on any atom is 0.307 e. The zero-order valence-corrected chi connectivity index (χ0v) is 18.7. The lowest BCUT2D eigenvalue weighted by atomic mass is 9.75. The molecular formula is C27H24ClNO4. The van der Waals surface area contributed by atoms with Crippen LogP contribution in [-0.4, -0.2) is 22.8 Å². The summed E-state index contributed by atoms with van der Waals surface area (Å²) in [5.74, 6) is -2.24. The van der Waals surface area contributed by atoms with Gasteiger partial charge in [-0.25, -0.2) is 0 Å². The minimum absolute atomic E-state index is 0.0890. The number of amides is 1. The number of anilines is 1. The Morgan fingerprint density at radius 1 is 0.727 bits per heavy atom. The number of halogens is 1. The van der Waals surface area contributed by atoms with Crippen molar-refractivity contribution in [3.8, 4) is 11.1 Å².